The van der Waals surface area contributed by atoms with Crippen molar-refractivity contribution < 1.29 is 19.4 Å². The quantitative estimate of drug-likeness (QED) is 0.451. The van der Waals surface area contributed by atoms with Crippen molar-refractivity contribution in [1.29, 1.82) is 0 Å². The van der Waals surface area contributed by atoms with Crippen LogP contribution in [0, 0.1) is 5.21 Å². The molecule has 0 saturated carbocycles. The topological polar surface area (TPSA) is 90.3 Å². The summed E-state index contributed by atoms with van der Waals surface area (Å²) in [7, 11) is 0. The molecule has 6 nitrogen and oxygen atoms in total. The fourth-order valence-electron chi connectivity index (χ4n) is 1.94. The number of allylic oxidation sites excluding steroid dienone is 1. The molecule has 0 atom stereocenters. The number of carbonyl (C=O) groups excluding carboxylic acids is 1. The van der Waals surface area contributed by atoms with Crippen LogP contribution in [0.3, 0.4) is 0 Å². The van der Waals surface area contributed by atoms with Gasteiger partial charge in [0.15, 0.2) is 5.78 Å². The standard InChI is InChI=1S/C15H10N2O4/c18-14-4-2-1-3-11(14)15(19)8-6-10-5-7-13-12(9-10)16-21-17(13)20/h1-9,18H/b8-6+. The van der Waals surface area contributed by atoms with Gasteiger partial charge in [-0.2, -0.15) is 0 Å². The van der Waals surface area contributed by atoms with Crippen molar-refractivity contribution in [2.45, 2.75) is 0 Å². The number of aromatic nitrogens is 2. The van der Waals surface area contributed by atoms with Crippen molar-refractivity contribution in [1.82, 2.24) is 5.16 Å². The van der Waals surface area contributed by atoms with Crippen molar-refractivity contribution in [2.75, 3.05) is 0 Å². The maximum absolute atomic E-state index is 12.0. The molecule has 21 heavy (non-hydrogen) atoms. The SMILES string of the molecule is O=C(/C=C/c1ccc2c(c1)no[n+]2[O-])c1ccccc1O. The highest BCUT2D eigenvalue weighted by Crippen LogP contribution is 2.17. The van der Waals surface area contributed by atoms with E-state index in [1.54, 1.807) is 42.5 Å². The second-order valence-corrected chi connectivity index (χ2v) is 4.39. The van der Waals surface area contributed by atoms with Crippen molar-refractivity contribution in [3.8, 4) is 5.75 Å². The van der Waals surface area contributed by atoms with E-state index < -0.39 is 0 Å². The maximum atomic E-state index is 12.0. The number of benzene rings is 2. The van der Waals surface area contributed by atoms with E-state index in [9.17, 15) is 15.1 Å². The minimum Gasteiger partial charge on any atom is -0.507 e. The van der Waals surface area contributed by atoms with Crippen LogP contribution in [0.1, 0.15) is 15.9 Å². The van der Waals surface area contributed by atoms with Crippen molar-refractivity contribution >= 4 is 22.9 Å². The first kappa shape index (κ1) is 12.9. The summed E-state index contributed by atoms with van der Waals surface area (Å²) in [6.07, 6.45) is 2.93. The molecule has 0 radical (unpaired) electrons. The van der Waals surface area contributed by atoms with Gasteiger partial charge in [-0.15, -0.1) is 0 Å². The number of para-hydroxylation sites is 1. The summed E-state index contributed by atoms with van der Waals surface area (Å²) in [6, 6.07) is 11.2. The molecule has 0 bridgehead atoms. The number of hydrogen-bond acceptors (Lipinski definition) is 5. The van der Waals surface area contributed by atoms with Crippen LogP contribution in [0.5, 0.6) is 5.75 Å². The number of phenols is 1. The Hall–Kier alpha value is -3.15. The summed E-state index contributed by atoms with van der Waals surface area (Å²) in [4.78, 5) is 12.3. The maximum Gasteiger partial charge on any atom is 0.249 e. The predicted octanol–water partition coefficient (Wildman–Crippen LogP) is 2.06. The second-order valence-electron chi connectivity index (χ2n) is 4.39. The van der Waals surface area contributed by atoms with Crippen LogP contribution >= 0.6 is 0 Å². The van der Waals surface area contributed by atoms with Crippen LogP contribution < -0.4 is 4.90 Å². The molecule has 0 amide bonds. The molecule has 3 aromatic rings. The first-order chi connectivity index (χ1) is 10.1. The zero-order valence-electron chi connectivity index (χ0n) is 10.8. The fourth-order valence-corrected chi connectivity index (χ4v) is 1.94. The molecular formula is C15H10N2O4. The molecule has 0 saturated heterocycles. The Balaban J connectivity index is 1.87. The molecule has 6 heteroatoms. The number of ketones is 1. The molecule has 104 valence electrons. The second kappa shape index (κ2) is 5.09. The number of nitrogens with zero attached hydrogens (tertiary/aromatic N) is 2. The Morgan fingerprint density at radius 1 is 1.29 bits per heavy atom. The molecule has 1 N–H and O–H groups in total. The third-order valence-corrected chi connectivity index (χ3v) is 3.01. The highest BCUT2D eigenvalue weighted by Gasteiger charge is 2.09. The van der Waals surface area contributed by atoms with Crippen molar-refractivity contribution in [2.24, 2.45) is 0 Å². The van der Waals surface area contributed by atoms with Gasteiger partial charge in [-0.05, 0) is 34.7 Å². The minimum absolute atomic E-state index is 0.0634. The monoisotopic (exact) mass is 282 g/mol. The summed E-state index contributed by atoms with van der Waals surface area (Å²) in [6.45, 7) is 0. The highest BCUT2D eigenvalue weighted by atomic mass is 16.8. The van der Waals surface area contributed by atoms with E-state index in [1.807, 2.05) is 0 Å². The lowest BCUT2D eigenvalue weighted by Crippen LogP contribution is -2.22. The largest absolute Gasteiger partial charge is 0.507 e. The Labute approximate surface area is 119 Å². The highest BCUT2D eigenvalue weighted by molar-refractivity contribution is 6.08. The van der Waals surface area contributed by atoms with Gasteiger partial charge in [-0.25, -0.2) is 0 Å². The Morgan fingerprint density at radius 3 is 2.90 bits per heavy atom. The lowest BCUT2D eigenvalue weighted by atomic mass is 10.1. The van der Waals surface area contributed by atoms with Crippen LogP contribution in [-0.4, -0.2) is 16.0 Å². The summed E-state index contributed by atoms with van der Waals surface area (Å²) < 4.78 is 4.47. The lowest BCUT2D eigenvalue weighted by molar-refractivity contribution is -0.782. The molecule has 1 aromatic heterocycles. The van der Waals surface area contributed by atoms with E-state index in [2.05, 4.69) is 9.79 Å². The number of carbonyl (C=O) groups is 1. The number of phenolic OH excluding ortho intramolecular Hbond substituents is 1. The molecular weight excluding hydrogens is 272 g/mol. The average Bonchev–Trinajstić information content (AvgIpc) is 2.86. The van der Waals surface area contributed by atoms with E-state index in [1.165, 1.54) is 12.1 Å². The normalized spacial score (nSPS) is 11.2. The van der Waals surface area contributed by atoms with Crippen LogP contribution in [0.2, 0.25) is 0 Å². The molecule has 2 aromatic carbocycles. The van der Waals surface area contributed by atoms with Gasteiger partial charge in [-0.1, -0.05) is 24.3 Å². The third-order valence-electron chi connectivity index (χ3n) is 3.01. The molecule has 0 spiro atoms. The molecule has 0 fully saturated rings. The van der Waals surface area contributed by atoms with Crippen LogP contribution in [0.4, 0.5) is 0 Å². The van der Waals surface area contributed by atoms with E-state index in [0.29, 0.717) is 21.5 Å². The van der Waals surface area contributed by atoms with Gasteiger partial charge in [0.2, 0.25) is 11.0 Å². The molecule has 1 heterocycles. The fraction of sp³-hybridized carbons (Fsp3) is 0. The molecule has 0 unspecified atom stereocenters. The first-order valence-electron chi connectivity index (χ1n) is 6.15. The summed E-state index contributed by atoms with van der Waals surface area (Å²) in [5.41, 5.74) is 1.65. The summed E-state index contributed by atoms with van der Waals surface area (Å²) in [5, 5.41) is 24.4. The van der Waals surface area contributed by atoms with E-state index in [4.69, 9.17) is 0 Å². The van der Waals surface area contributed by atoms with Gasteiger partial charge in [0.25, 0.3) is 0 Å². The zero-order chi connectivity index (χ0) is 14.8. The third kappa shape index (κ3) is 2.46. The van der Waals surface area contributed by atoms with Crippen LogP contribution in [0.25, 0.3) is 17.1 Å². The van der Waals surface area contributed by atoms with Gasteiger partial charge < -0.3 is 10.3 Å². The van der Waals surface area contributed by atoms with Gasteiger partial charge >= 0.3 is 0 Å². The Kier molecular flexibility index (Phi) is 3.12. The number of rotatable bonds is 3. The van der Waals surface area contributed by atoms with Gasteiger partial charge in [-0.3, -0.25) is 9.42 Å². The molecule has 0 aliphatic rings. The van der Waals surface area contributed by atoms with Crippen LogP contribution in [0.15, 0.2) is 53.2 Å². The van der Waals surface area contributed by atoms with Crippen LogP contribution in [-0.2, 0) is 0 Å². The van der Waals surface area contributed by atoms with Crippen molar-refractivity contribution in [3.05, 3.63) is 64.9 Å². The average molecular weight is 282 g/mol. The minimum atomic E-state index is -0.313. The lowest BCUT2D eigenvalue weighted by Gasteiger charge is -1.98. The number of fused-ring (bicyclic) bond motifs is 1. The molecule has 0 aliphatic carbocycles. The van der Waals surface area contributed by atoms with Crippen molar-refractivity contribution in [3.63, 3.8) is 0 Å². The smallest absolute Gasteiger partial charge is 0.249 e. The zero-order valence-corrected chi connectivity index (χ0v) is 10.8. The Morgan fingerprint density at radius 2 is 2.10 bits per heavy atom. The number of aromatic hydroxyl groups is 1. The van der Waals surface area contributed by atoms with E-state index >= 15 is 0 Å². The predicted molar refractivity (Wildman–Crippen MR) is 74.4 cm³/mol. The first-order valence-corrected chi connectivity index (χ1v) is 6.15. The van der Waals surface area contributed by atoms with Gasteiger partial charge in [0, 0.05) is 11.2 Å². The summed E-state index contributed by atoms with van der Waals surface area (Å²) in [5.74, 6) is -0.376. The molecule has 3 rings (SSSR count). The number of hydrogen-bond donors (Lipinski definition) is 1. The van der Waals surface area contributed by atoms with Gasteiger partial charge in [0.1, 0.15) is 5.75 Å². The summed E-state index contributed by atoms with van der Waals surface area (Å²) >= 11 is 0. The molecule has 0 aliphatic heterocycles. The van der Waals surface area contributed by atoms with Gasteiger partial charge in [0.05, 0.1) is 5.56 Å². The Bertz CT molecular complexity index is 852. The van der Waals surface area contributed by atoms with E-state index in [-0.39, 0.29) is 17.1 Å². The van der Waals surface area contributed by atoms with E-state index in [0.717, 1.165) is 0 Å².